The first-order valence-electron chi connectivity index (χ1n) is 4.68. The summed E-state index contributed by atoms with van der Waals surface area (Å²) in [6.45, 7) is 0. The van der Waals surface area contributed by atoms with Crippen LogP contribution in [0.2, 0.25) is 0 Å². The van der Waals surface area contributed by atoms with Gasteiger partial charge in [0.05, 0.1) is 5.56 Å². The van der Waals surface area contributed by atoms with Crippen LogP contribution in [0.15, 0.2) is 30.5 Å². The molecule has 1 aromatic carbocycles. The molecule has 2 rings (SSSR count). The van der Waals surface area contributed by atoms with Crippen molar-refractivity contribution in [3.63, 3.8) is 0 Å². The van der Waals surface area contributed by atoms with Crippen molar-refractivity contribution in [2.45, 2.75) is 0 Å². The largest absolute Gasteiger partial charge is 0.360 e. The van der Waals surface area contributed by atoms with Crippen LogP contribution >= 0.6 is 24.0 Å². The summed E-state index contributed by atoms with van der Waals surface area (Å²) < 4.78 is 0.482. The van der Waals surface area contributed by atoms with Crippen LogP contribution in [0, 0.1) is 0 Å². The molecule has 1 heterocycles. The molecule has 82 valence electrons. The first-order chi connectivity index (χ1) is 7.72. The van der Waals surface area contributed by atoms with Gasteiger partial charge in [-0.15, -0.1) is 11.8 Å². The van der Waals surface area contributed by atoms with E-state index in [0.29, 0.717) is 9.88 Å². The lowest BCUT2D eigenvalue weighted by Gasteiger charge is -2.02. The van der Waals surface area contributed by atoms with Crippen molar-refractivity contribution >= 4 is 45.1 Å². The summed E-state index contributed by atoms with van der Waals surface area (Å²) in [6, 6.07) is 7.66. The second-order valence-corrected chi connectivity index (χ2v) is 4.68. The SMILES string of the molecule is CSC(=S)NC(=O)c1c[nH]c2ccccc12. The zero-order valence-corrected chi connectivity index (χ0v) is 10.2. The summed E-state index contributed by atoms with van der Waals surface area (Å²) in [4.78, 5) is 14.9. The predicted octanol–water partition coefficient (Wildman–Crippen LogP) is 2.55. The molecule has 0 aliphatic heterocycles. The van der Waals surface area contributed by atoms with E-state index in [0.717, 1.165) is 10.9 Å². The molecule has 16 heavy (non-hydrogen) atoms. The Bertz CT molecular complexity index is 548. The summed E-state index contributed by atoms with van der Waals surface area (Å²) in [7, 11) is 0. The molecule has 0 aliphatic rings. The van der Waals surface area contributed by atoms with Crippen molar-refractivity contribution in [1.29, 1.82) is 0 Å². The molecule has 0 radical (unpaired) electrons. The van der Waals surface area contributed by atoms with Crippen LogP contribution in [0.1, 0.15) is 10.4 Å². The van der Waals surface area contributed by atoms with E-state index < -0.39 is 0 Å². The van der Waals surface area contributed by atoms with E-state index in [9.17, 15) is 4.79 Å². The minimum Gasteiger partial charge on any atom is -0.360 e. The Kier molecular flexibility index (Phi) is 3.26. The maximum atomic E-state index is 11.9. The zero-order chi connectivity index (χ0) is 11.5. The third-order valence-corrected chi connectivity index (χ3v) is 3.31. The number of para-hydroxylation sites is 1. The van der Waals surface area contributed by atoms with Gasteiger partial charge in [-0.05, 0) is 12.3 Å². The normalized spacial score (nSPS) is 10.3. The molecule has 2 aromatic rings. The lowest BCUT2D eigenvalue weighted by molar-refractivity contribution is 0.0980. The minimum atomic E-state index is -0.170. The Morgan fingerprint density at radius 3 is 2.94 bits per heavy atom. The molecule has 0 spiro atoms. The van der Waals surface area contributed by atoms with Crippen LogP contribution in [0.4, 0.5) is 0 Å². The highest BCUT2D eigenvalue weighted by Crippen LogP contribution is 2.17. The fourth-order valence-electron chi connectivity index (χ4n) is 1.47. The molecule has 0 atom stereocenters. The Hall–Kier alpha value is -1.33. The van der Waals surface area contributed by atoms with Crippen molar-refractivity contribution < 1.29 is 4.79 Å². The van der Waals surface area contributed by atoms with Crippen LogP contribution in [-0.4, -0.2) is 21.5 Å². The number of benzene rings is 1. The number of carbonyl (C=O) groups is 1. The minimum absolute atomic E-state index is 0.170. The molecule has 0 saturated heterocycles. The van der Waals surface area contributed by atoms with Crippen LogP contribution in [-0.2, 0) is 0 Å². The monoisotopic (exact) mass is 250 g/mol. The first-order valence-corrected chi connectivity index (χ1v) is 6.31. The fourth-order valence-corrected chi connectivity index (χ4v) is 1.76. The number of thiocarbonyl (C=S) groups is 1. The van der Waals surface area contributed by atoms with Gasteiger partial charge in [0.1, 0.15) is 4.32 Å². The average molecular weight is 250 g/mol. The number of thioether (sulfide) groups is 1. The number of H-pyrrole nitrogens is 1. The molecule has 1 amide bonds. The van der Waals surface area contributed by atoms with Gasteiger partial charge in [0.15, 0.2) is 0 Å². The highest BCUT2D eigenvalue weighted by molar-refractivity contribution is 8.22. The maximum absolute atomic E-state index is 11.9. The third-order valence-electron chi connectivity index (χ3n) is 2.23. The molecule has 5 heteroatoms. The molecular formula is C11H10N2OS2. The lowest BCUT2D eigenvalue weighted by atomic mass is 10.2. The van der Waals surface area contributed by atoms with E-state index in [1.165, 1.54) is 11.8 Å². The fraction of sp³-hybridized carbons (Fsp3) is 0.0909. The number of aromatic nitrogens is 1. The Morgan fingerprint density at radius 1 is 1.44 bits per heavy atom. The van der Waals surface area contributed by atoms with E-state index >= 15 is 0 Å². The lowest BCUT2D eigenvalue weighted by Crippen LogP contribution is -2.26. The summed E-state index contributed by atoms with van der Waals surface area (Å²) in [6.07, 6.45) is 3.53. The Balaban J connectivity index is 2.33. The van der Waals surface area contributed by atoms with E-state index in [1.54, 1.807) is 6.20 Å². The van der Waals surface area contributed by atoms with Crippen LogP contribution in [0.25, 0.3) is 10.9 Å². The molecule has 1 aromatic heterocycles. The van der Waals surface area contributed by atoms with E-state index in [1.807, 2.05) is 30.5 Å². The van der Waals surface area contributed by atoms with Gasteiger partial charge in [-0.2, -0.15) is 0 Å². The topological polar surface area (TPSA) is 44.9 Å². The number of fused-ring (bicyclic) bond motifs is 1. The second-order valence-electron chi connectivity index (χ2n) is 3.19. The number of hydrogen-bond acceptors (Lipinski definition) is 3. The van der Waals surface area contributed by atoms with Crippen molar-refractivity contribution in [3.8, 4) is 0 Å². The molecule has 0 fully saturated rings. The quantitative estimate of drug-likeness (QED) is 0.765. The van der Waals surface area contributed by atoms with Gasteiger partial charge < -0.3 is 10.3 Å². The zero-order valence-electron chi connectivity index (χ0n) is 8.61. The average Bonchev–Trinajstić information content (AvgIpc) is 2.72. The molecule has 0 aliphatic carbocycles. The third kappa shape index (κ3) is 2.10. The molecule has 3 nitrogen and oxygen atoms in total. The number of rotatable bonds is 1. The van der Waals surface area contributed by atoms with E-state index in [-0.39, 0.29) is 5.91 Å². The van der Waals surface area contributed by atoms with Crippen LogP contribution < -0.4 is 5.32 Å². The van der Waals surface area contributed by atoms with Crippen LogP contribution in [0.3, 0.4) is 0 Å². The smallest absolute Gasteiger partial charge is 0.258 e. The summed E-state index contributed by atoms with van der Waals surface area (Å²) in [5.74, 6) is -0.170. The summed E-state index contributed by atoms with van der Waals surface area (Å²) in [5.41, 5.74) is 1.56. The number of carbonyl (C=O) groups excluding carboxylic acids is 1. The number of hydrogen-bond donors (Lipinski definition) is 2. The molecule has 0 unspecified atom stereocenters. The van der Waals surface area contributed by atoms with Gasteiger partial charge in [0.25, 0.3) is 5.91 Å². The van der Waals surface area contributed by atoms with Gasteiger partial charge in [-0.1, -0.05) is 30.4 Å². The summed E-state index contributed by atoms with van der Waals surface area (Å²) >= 11 is 6.29. The van der Waals surface area contributed by atoms with Crippen molar-refractivity contribution in [2.24, 2.45) is 0 Å². The van der Waals surface area contributed by atoms with Gasteiger partial charge >= 0.3 is 0 Å². The van der Waals surface area contributed by atoms with Crippen molar-refractivity contribution in [1.82, 2.24) is 10.3 Å². The molecule has 2 N–H and O–H groups in total. The van der Waals surface area contributed by atoms with Gasteiger partial charge in [-0.25, -0.2) is 0 Å². The van der Waals surface area contributed by atoms with Gasteiger partial charge in [0, 0.05) is 17.1 Å². The highest BCUT2D eigenvalue weighted by atomic mass is 32.2. The van der Waals surface area contributed by atoms with Crippen molar-refractivity contribution in [2.75, 3.05) is 6.26 Å². The standard InChI is InChI=1S/C11H10N2OS2/c1-16-11(15)13-10(14)8-6-12-9-5-3-2-4-7(8)9/h2-6,12H,1H3,(H,13,14,15). The van der Waals surface area contributed by atoms with Gasteiger partial charge in [0.2, 0.25) is 0 Å². The number of aromatic amines is 1. The van der Waals surface area contributed by atoms with Gasteiger partial charge in [-0.3, -0.25) is 4.79 Å². The first kappa shape index (κ1) is 11.2. The van der Waals surface area contributed by atoms with E-state index in [4.69, 9.17) is 12.2 Å². The number of nitrogens with one attached hydrogen (secondary N) is 2. The second kappa shape index (κ2) is 4.67. The molecule has 0 bridgehead atoms. The van der Waals surface area contributed by atoms with E-state index in [2.05, 4.69) is 10.3 Å². The van der Waals surface area contributed by atoms with Crippen LogP contribution in [0.5, 0.6) is 0 Å². The molecular weight excluding hydrogens is 240 g/mol. The molecule has 0 saturated carbocycles. The van der Waals surface area contributed by atoms with Crippen molar-refractivity contribution in [3.05, 3.63) is 36.0 Å². The maximum Gasteiger partial charge on any atom is 0.258 e. The highest BCUT2D eigenvalue weighted by Gasteiger charge is 2.12. The summed E-state index contributed by atoms with van der Waals surface area (Å²) in [5, 5.41) is 3.57. The predicted molar refractivity (Wildman–Crippen MR) is 71.9 cm³/mol. The number of amides is 1. The Labute approximate surface area is 103 Å². The Morgan fingerprint density at radius 2 is 2.19 bits per heavy atom.